The molecule has 0 spiro atoms. The summed E-state index contributed by atoms with van der Waals surface area (Å²) in [4.78, 5) is 15.2. The van der Waals surface area contributed by atoms with E-state index >= 15 is 0 Å². The number of halogens is 1. The normalized spacial score (nSPS) is 21.4. The van der Waals surface area contributed by atoms with Crippen LogP contribution in [0.5, 0.6) is 0 Å². The number of amides is 1. The molecule has 1 aliphatic heterocycles. The molecular weight excluding hydrogens is 312 g/mol. The van der Waals surface area contributed by atoms with Crippen LogP contribution in [0.15, 0.2) is 0 Å². The SMILES string of the molecule is Cl.O=C(c1n[nH]c2c1CNCC2)N(CC1CCCCC1)C1CC1. The summed E-state index contributed by atoms with van der Waals surface area (Å²) in [6, 6.07) is 0.471. The maximum Gasteiger partial charge on any atom is 0.274 e. The van der Waals surface area contributed by atoms with Gasteiger partial charge in [0.1, 0.15) is 0 Å². The van der Waals surface area contributed by atoms with E-state index in [0.29, 0.717) is 17.7 Å². The second-order valence-electron chi connectivity index (χ2n) is 7.15. The Morgan fingerprint density at radius 3 is 2.70 bits per heavy atom. The Hall–Kier alpha value is -1.07. The molecule has 6 heteroatoms. The zero-order valence-corrected chi connectivity index (χ0v) is 14.5. The number of H-pyrrole nitrogens is 1. The molecule has 128 valence electrons. The van der Waals surface area contributed by atoms with Crippen LogP contribution in [0.1, 0.15) is 66.7 Å². The minimum atomic E-state index is 0. The summed E-state index contributed by atoms with van der Waals surface area (Å²) >= 11 is 0. The lowest BCUT2D eigenvalue weighted by molar-refractivity contribution is 0.0691. The summed E-state index contributed by atoms with van der Waals surface area (Å²) < 4.78 is 0. The zero-order valence-electron chi connectivity index (χ0n) is 13.6. The predicted octanol–water partition coefficient (Wildman–Crippen LogP) is 2.66. The molecule has 0 radical (unpaired) electrons. The van der Waals surface area contributed by atoms with E-state index in [-0.39, 0.29) is 18.3 Å². The number of hydrogen-bond acceptors (Lipinski definition) is 3. The number of carbonyl (C=O) groups is 1. The molecule has 0 atom stereocenters. The van der Waals surface area contributed by atoms with Gasteiger partial charge in [-0.15, -0.1) is 12.4 Å². The molecular formula is C17H27ClN4O. The Kier molecular flexibility index (Phi) is 5.27. The number of aromatic amines is 1. The minimum Gasteiger partial charge on any atom is -0.334 e. The summed E-state index contributed by atoms with van der Waals surface area (Å²) in [6.45, 7) is 2.69. The molecule has 4 rings (SSSR count). The van der Waals surface area contributed by atoms with Gasteiger partial charge in [-0.2, -0.15) is 5.10 Å². The van der Waals surface area contributed by atoms with Gasteiger partial charge in [-0.1, -0.05) is 19.3 Å². The van der Waals surface area contributed by atoms with E-state index in [1.807, 2.05) is 0 Å². The number of nitrogens with one attached hydrogen (secondary N) is 2. The molecule has 2 fully saturated rings. The monoisotopic (exact) mass is 338 g/mol. The molecule has 0 aromatic carbocycles. The predicted molar refractivity (Wildman–Crippen MR) is 91.9 cm³/mol. The number of fused-ring (bicyclic) bond motifs is 1. The van der Waals surface area contributed by atoms with E-state index in [1.165, 1.54) is 44.9 Å². The van der Waals surface area contributed by atoms with Crippen LogP contribution < -0.4 is 5.32 Å². The molecule has 23 heavy (non-hydrogen) atoms. The van der Waals surface area contributed by atoms with Gasteiger partial charge in [-0.25, -0.2) is 0 Å². The quantitative estimate of drug-likeness (QED) is 0.887. The molecule has 5 nitrogen and oxygen atoms in total. The Labute approximate surface area is 144 Å². The number of aromatic nitrogens is 2. The molecule has 2 saturated carbocycles. The zero-order chi connectivity index (χ0) is 14.9. The summed E-state index contributed by atoms with van der Waals surface area (Å²) in [6.07, 6.45) is 9.90. The van der Waals surface area contributed by atoms with Crippen LogP contribution in [0.3, 0.4) is 0 Å². The Bertz CT molecular complexity index is 549. The van der Waals surface area contributed by atoms with Crippen LogP contribution in [0.2, 0.25) is 0 Å². The lowest BCUT2D eigenvalue weighted by Crippen LogP contribution is -2.39. The van der Waals surface area contributed by atoms with Gasteiger partial charge in [0, 0.05) is 43.4 Å². The van der Waals surface area contributed by atoms with E-state index in [1.54, 1.807) is 0 Å². The van der Waals surface area contributed by atoms with Crippen molar-refractivity contribution >= 4 is 18.3 Å². The van der Waals surface area contributed by atoms with Crippen molar-refractivity contribution in [2.75, 3.05) is 13.1 Å². The van der Waals surface area contributed by atoms with E-state index in [0.717, 1.165) is 37.3 Å². The van der Waals surface area contributed by atoms with E-state index < -0.39 is 0 Å². The summed E-state index contributed by atoms with van der Waals surface area (Å²) in [5.41, 5.74) is 2.92. The lowest BCUT2D eigenvalue weighted by Gasteiger charge is -2.30. The largest absolute Gasteiger partial charge is 0.334 e. The van der Waals surface area contributed by atoms with E-state index in [9.17, 15) is 4.79 Å². The van der Waals surface area contributed by atoms with Gasteiger partial charge >= 0.3 is 0 Å². The van der Waals surface area contributed by atoms with Crippen molar-refractivity contribution in [2.24, 2.45) is 5.92 Å². The van der Waals surface area contributed by atoms with Gasteiger partial charge in [0.2, 0.25) is 0 Å². The van der Waals surface area contributed by atoms with Gasteiger partial charge in [0.15, 0.2) is 5.69 Å². The third-order valence-electron chi connectivity index (χ3n) is 5.44. The number of carbonyl (C=O) groups excluding carboxylic acids is 1. The first kappa shape index (κ1) is 16.8. The van der Waals surface area contributed by atoms with Crippen LogP contribution in [0.25, 0.3) is 0 Å². The molecule has 1 aromatic rings. The fourth-order valence-corrected chi connectivity index (χ4v) is 3.97. The third-order valence-corrected chi connectivity index (χ3v) is 5.44. The lowest BCUT2D eigenvalue weighted by atomic mass is 9.89. The average Bonchev–Trinajstić information content (AvgIpc) is 3.31. The average molecular weight is 339 g/mol. The number of nitrogens with zero attached hydrogens (tertiary/aromatic N) is 2. The van der Waals surface area contributed by atoms with Crippen molar-refractivity contribution < 1.29 is 4.79 Å². The highest BCUT2D eigenvalue weighted by Gasteiger charge is 2.36. The van der Waals surface area contributed by atoms with Crippen molar-refractivity contribution in [3.8, 4) is 0 Å². The Morgan fingerprint density at radius 2 is 1.96 bits per heavy atom. The molecule has 2 N–H and O–H groups in total. The number of hydrogen-bond donors (Lipinski definition) is 2. The highest BCUT2D eigenvalue weighted by molar-refractivity contribution is 5.94. The van der Waals surface area contributed by atoms with Crippen molar-refractivity contribution in [2.45, 2.75) is 64.0 Å². The standard InChI is InChI=1S/C17H26N4O.ClH/c22-17(16-14-10-18-9-8-15(14)19-20-16)21(13-6-7-13)11-12-4-2-1-3-5-12;/h12-13,18H,1-11H2,(H,19,20);1H. The third kappa shape index (κ3) is 3.56. The van der Waals surface area contributed by atoms with Crippen LogP contribution in [0.4, 0.5) is 0 Å². The molecule has 0 saturated heterocycles. The molecule has 3 aliphatic rings. The van der Waals surface area contributed by atoms with Crippen LogP contribution >= 0.6 is 12.4 Å². The van der Waals surface area contributed by atoms with Gasteiger partial charge in [0.05, 0.1) is 0 Å². The molecule has 1 amide bonds. The first-order chi connectivity index (χ1) is 10.8. The second kappa shape index (κ2) is 7.22. The highest BCUT2D eigenvalue weighted by atomic mass is 35.5. The molecule has 2 aliphatic carbocycles. The molecule has 1 aromatic heterocycles. The minimum absolute atomic E-state index is 0. The van der Waals surface area contributed by atoms with Crippen molar-refractivity contribution in [3.63, 3.8) is 0 Å². The molecule has 0 bridgehead atoms. The van der Waals surface area contributed by atoms with Gasteiger partial charge in [0.25, 0.3) is 5.91 Å². The van der Waals surface area contributed by atoms with Crippen LogP contribution in [-0.2, 0) is 13.0 Å². The topological polar surface area (TPSA) is 61.0 Å². The summed E-state index contributed by atoms with van der Waals surface area (Å²) in [5, 5.41) is 10.8. The summed E-state index contributed by atoms with van der Waals surface area (Å²) in [5.74, 6) is 0.862. The van der Waals surface area contributed by atoms with Crippen LogP contribution in [-0.4, -0.2) is 40.1 Å². The maximum absolute atomic E-state index is 13.0. The van der Waals surface area contributed by atoms with Gasteiger partial charge in [-0.05, 0) is 31.6 Å². The molecule has 0 unspecified atom stereocenters. The van der Waals surface area contributed by atoms with Crippen molar-refractivity contribution in [1.29, 1.82) is 0 Å². The Balaban J connectivity index is 0.00000156. The van der Waals surface area contributed by atoms with Crippen molar-refractivity contribution in [3.05, 3.63) is 17.0 Å². The van der Waals surface area contributed by atoms with Crippen LogP contribution in [0, 0.1) is 5.92 Å². The van der Waals surface area contributed by atoms with Crippen molar-refractivity contribution in [1.82, 2.24) is 20.4 Å². The number of rotatable bonds is 4. The first-order valence-corrected chi connectivity index (χ1v) is 8.90. The fraction of sp³-hybridized carbons (Fsp3) is 0.765. The molecule has 2 heterocycles. The smallest absolute Gasteiger partial charge is 0.274 e. The maximum atomic E-state index is 13.0. The Morgan fingerprint density at radius 1 is 1.17 bits per heavy atom. The highest BCUT2D eigenvalue weighted by Crippen LogP contribution is 2.33. The van der Waals surface area contributed by atoms with Gasteiger partial charge in [-0.3, -0.25) is 9.89 Å². The second-order valence-corrected chi connectivity index (χ2v) is 7.15. The summed E-state index contributed by atoms with van der Waals surface area (Å²) in [7, 11) is 0. The fourth-order valence-electron chi connectivity index (χ4n) is 3.97. The van der Waals surface area contributed by atoms with E-state index in [4.69, 9.17) is 0 Å². The first-order valence-electron chi connectivity index (χ1n) is 8.90. The van der Waals surface area contributed by atoms with Gasteiger partial charge < -0.3 is 10.2 Å². The van der Waals surface area contributed by atoms with E-state index in [2.05, 4.69) is 20.4 Å².